The number of rotatable bonds is 9. The van der Waals surface area contributed by atoms with Gasteiger partial charge >= 0.3 is 0 Å². The highest BCUT2D eigenvalue weighted by atomic mass is 16.2. The summed E-state index contributed by atoms with van der Waals surface area (Å²) >= 11 is 0. The minimum Gasteiger partial charge on any atom is -0.345 e. The van der Waals surface area contributed by atoms with E-state index in [2.05, 4.69) is 65.6 Å². The van der Waals surface area contributed by atoms with Crippen molar-refractivity contribution in [2.24, 2.45) is 11.8 Å². The Labute approximate surface area is 227 Å². The summed E-state index contributed by atoms with van der Waals surface area (Å²) in [5.41, 5.74) is 3.74. The Balaban J connectivity index is 1.18. The van der Waals surface area contributed by atoms with Crippen LogP contribution in [0.4, 0.5) is 5.69 Å². The number of hydrogen-bond acceptors (Lipinski definition) is 3. The first kappa shape index (κ1) is 26.2. The van der Waals surface area contributed by atoms with Gasteiger partial charge in [-0.3, -0.25) is 9.59 Å². The molecule has 0 aliphatic carbocycles. The maximum atomic E-state index is 13.4. The molecule has 0 spiro atoms. The topological polar surface area (TPSA) is 43.9 Å². The summed E-state index contributed by atoms with van der Waals surface area (Å²) < 4.78 is 0. The summed E-state index contributed by atoms with van der Waals surface area (Å²) in [6.45, 7) is 4.34. The third-order valence-corrected chi connectivity index (χ3v) is 8.30. The van der Waals surface area contributed by atoms with Gasteiger partial charge < -0.3 is 14.7 Å². The number of anilines is 1. The molecule has 2 aliphatic rings. The van der Waals surface area contributed by atoms with Crippen molar-refractivity contribution in [2.45, 2.75) is 31.6 Å². The summed E-state index contributed by atoms with van der Waals surface area (Å²) in [5, 5.41) is 0. The monoisotopic (exact) mass is 509 g/mol. The number of likely N-dealkylation sites (tertiary alicyclic amines) is 2. The molecule has 3 aromatic rings. The Bertz CT molecular complexity index is 1140. The molecular weight excluding hydrogens is 470 g/mol. The molecule has 1 unspecified atom stereocenters. The lowest BCUT2D eigenvalue weighted by Gasteiger charge is -2.37. The van der Waals surface area contributed by atoms with Crippen LogP contribution in [-0.4, -0.2) is 61.4 Å². The number of benzene rings is 3. The van der Waals surface area contributed by atoms with E-state index in [9.17, 15) is 9.59 Å². The van der Waals surface area contributed by atoms with Crippen molar-refractivity contribution in [1.29, 1.82) is 0 Å². The predicted molar refractivity (Wildman–Crippen MR) is 153 cm³/mol. The Hall–Kier alpha value is -3.44. The zero-order chi connectivity index (χ0) is 26.3. The Morgan fingerprint density at radius 1 is 0.868 bits per heavy atom. The molecule has 0 aromatic heterocycles. The van der Waals surface area contributed by atoms with E-state index in [1.165, 1.54) is 24.0 Å². The molecule has 38 heavy (non-hydrogen) atoms. The van der Waals surface area contributed by atoms with Crippen molar-refractivity contribution in [3.8, 4) is 0 Å². The number of hydrogen-bond donors (Lipinski definition) is 0. The van der Waals surface area contributed by atoms with Crippen LogP contribution in [0.3, 0.4) is 0 Å². The average molecular weight is 510 g/mol. The van der Waals surface area contributed by atoms with Crippen LogP contribution >= 0.6 is 0 Å². The molecule has 5 rings (SSSR count). The molecule has 5 nitrogen and oxygen atoms in total. The van der Waals surface area contributed by atoms with Gasteiger partial charge in [-0.05, 0) is 68.1 Å². The molecule has 0 bridgehead atoms. The molecule has 2 heterocycles. The van der Waals surface area contributed by atoms with E-state index in [4.69, 9.17) is 0 Å². The quantitative estimate of drug-likeness (QED) is 0.386. The van der Waals surface area contributed by atoms with Gasteiger partial charge in [0.25, 0.3) is 0 Å². The van der Waals surface area contributed by atoms with Crippen LogP contribution in [0.15, 0.2) is 91.0 Å². The fraction of sp³-hybridized carbons (Fsp3) is 0.394. The zero-order valence-electron chi connectivity index (χ0n) is 22.4. The second-order valence-corrected chi connectivity index (χ2v) is 10.8. The molecule has 3 aromatic carbocycles. The minimum atomic E-state index is -0.253. The van der Waals surface area contributed by atoms with E-state index in [1.54, 1.807) is 11.9 Å². The van der Waals surface area contributed by atoms with Crippen LogP contribution in [0.25, 0.3) is 0 Å². The van der Waals surface area contributed by atoms with Crippen LogP contribution in [-0.2, 0) is 9.59 Å². The van der Waals surface area contributed by atoms with E-state index in [0.717, 1.165) is 31.7 Å². The Morgan fingerprint density at radius 3 is 1.95 bits per heavy atom. The van der Waals surface area contributed by atoms with Gasteiger partial charge in [0, 0.05) is 38.2 Å². The molecule has 2 fully saturated rings. The summed E-state index contributed by atoms with van der Waals surface area (Å²) in [4.78, 5) is 31.7. The molecule has 0 radical (unpaired) electrons. The number of para-hydroxylation sites is 1. The molecule has 0 N–H and O–H groups in total. The molecule has 198 valence electrons. The van der Waals surface area contributed by atoms with E-state index >= 15 is 0 Å². The third-order valence-electron chi connectivity index (χ3n) is 8.30. The van der Waals surface area contributed by atoms with Crippen LogP contribution < -0.4 is 4.90 Å². The lowest BCUT2D eigenvalue weighted by Crippen LogP contribution is -2.40. The molecule has 0 saturated carbocycles. The van der Waals surface area contributed by atoms with Crippen molar-refractivity contribution in [3.05, 3.63) is 102 Å². The Morgan fingerprint density at radius 2 is 1.42 bits per heavy atom. The predicted octanol–water partition coefficient (Wildman–Crippen LogP) is 5.43. The summed E-state index contributed by atoms with van der Waals surface area (Å²) in [5.74, 6) is 0.925. The molecule has 1 atom stereocenters. The van der Waals surface area contributed by atoms with E-state index in [1.807, 2.05) is 35.2 Å². The maximum absolute atomic E-state index is 13.4. The maximum Gasteiger partial charge on any atom is 0.232 e. The van der Waals surface area contributed by atoms with Gasteiger partial charge in [-0.15, -0.1) is 0 Å². The van der Waals surface area contributed by atoms with Gasteiger partial charge in [0.1, 0.15) is 0 Å². The fourth-order valence-electron chi connectivity index (χ4n) is 6.24. The van der Waals surface area contributed by atoms with Crippen LogP contribution in [0, 0.1) is 11.8 Å². The van der Waals surface area contributed by atoms with E-state index in [0.29, 0.717) is 31.3 Å². The molecular formula is C33H39N3O2. The normalized spacial score (nSPS) is 18.7. The van der Waals surface area contributed by atoms with E-state index in [-0.39, 0.29) is 17.7 Å². The van der Waals surface area contributed by atoms with Crippen molar-refractivity contribution < 1.29 is 9.59 Å². The number of piperidine rings is 1. The lowest BCUT2D eigenvalue weighted by molar-refractivity contribution is -0.127. The van der Waals surface area contributed by atoms with Crippen LogP contribution in [0.5, 0.6) is 0 Å². The number of carbonyl (C=O) groups is 2. The van der Waals surface area contributed by atoms with E-state index < -0.39 is 0 Å². The van der Waals surface area contributed by atoms with Crippen molar-refractivity contribution in [2.75, 3.05) is 44.7 Å². The first-order valence-corrected chi connectivity index (χ1v) is 14.0. The van der Waals surface area contributed by atoms with Gasteiger partial charge in [-0.1, -0.05) is 78.9 Å². The van der Waals surface area contributed by atoms with Crippen LogP contribution in [0.2, 0.25) is 0 Å². The number of nitrogens with zero attached hydrogens (tertiary/aromatic N) is 3. The number of carbonyl (C=O) groups excluding carboxylic acids is 2. The highest BCUT2D eigenvalue weighted by molar-refractivity contribution is 5.99. The average Bonchev–Trinajstić information content (AvgIpc) is 3.31. The first-order chi connectivity index (χ1) is 18.6. The largest absolute Gasteiger partial charge is 0.345 e. The first-order valence-electron chi connectivity index (χ1n) is 14.0. The highest BCUT2D eigenvalue weighted by Gasteiger charge is 2.35. The van der Waals surface area contributed by atoms with Gasteiger partial charge in [0.15, 0.2) is 0 Å². The van der Waals surface area contributed by atoms with Crippen molar-refractivity contribution in [1.82, 2.24) is 9.80 Å². The lowest BCUT2D eigenvalue weighted by atomic mass is 9.76. The van der Waals surface area contributed by atoms with Gasteiger partial charge in [-0.25, -0.2) is 0 Å². The van der Waals surface area contributed by atoms with Crippen LogP contribution in [0.1, 0.15) is 42.7 Å². The summed E-state index contributed by atoms with van der Waals surface area (Å²) in [6.07, 6.45) is 3.58. The van der Waals surface area contributed by atoms with Crippen molar-refractivity contribution >= 4 is 17.5 Å². The highest BCUT2D eigenvalue weighted by Crippen LogP contribution is 2.38. The second-order valence-electron chi connectivity index (χ2n) is 10.8. The molecule has 2 saturated heterocycles. The zero-order valence-corrected chi connectivity index (χ0v) is 22.4. The summed E-state index contributed by atoms with van der Waals surface area (Å²) in [7, 11) is 1.78. The molecule has 2 amide bonds. The number of amides is 2. The van der Waals surface area contributed by atoms with Gasteiger partial charge in [0.2, 0.25) is 11.8 Å². The smallest absolute Gasteiger partial charge is 0.232 e. The van der Waals surface area contributed by atoms with Gasteiger partial charge in [0.05, 0.1) is 5.92 Å². The molecule has 2 aliphatic heterocycles. The van der Waals surface area contributed by atoms with Crippen molar-refractivity contribution in [3.63, 3.8) is 0 Å². The standard InChI is InChI=1S/C33H39N3O2/c1-34-25-29(24-31(34)37)33(38)36(30-16-9-4-10-17-30)21-11-20-35-22-18-28(19-23-35)32(26-12-5-2-6-13-26)27-14-7-3-8-15-27/h2-10,12-17,28-29,32H,11,18-25H2,1H3. The fourth-order valence-corrected chi connectivity index (χ4v) is 6.24. The summed E-state index contributed by atoms with van der Waals surface area (Å²) in [6, 6.07) is 31.8. The Kier molecular flexibility index (Phi) is 8.54. The third kappa shape index (κ3) is 6.16. The second kappa shape index (κ2) is 12.4. The van der Waals surface area contributed by atoms with Gasteiger partial charge in [-0.2, -0.15) is 0 Å². The molecule has 5 heteroatoms. The SMILES string of the molecule is CN1CC(C(=O)N(CCCN2CCC(C(c3ccccc3)c3ccccc3)CC2)c2ccccc2)CC1=O. The minimum absolute atomic E-state index is 0.0588.